The van der Waals surface area contributed by atoms with Gasteiger partial charge in [0.25, 0.3) is 5.91 Å². The van der Waals surface area contributed by atoms with Gasteiger partial charge < -0.3 is 10.0 Å². The van der Waals surface area contributed by atoms with Crippen molar-refractivity contribution in [2.75, 3.05) is 6.54 Å². The second-order valence-electron chi connectivity index (χ2n) is 4.64. The first-order valence-corrected chi connectivity index (χ1v) is 6.05. The molecule has 1 unspecified atom stereocenters. The van der Waals surface area contributed by atoms with Crippen molar-refractivity contribution in [3.63, 3.8) is 0 Å². The molecular formula is C12H17N3O3. The second kappa shape index (κ2) is 4.80. The Bertz CT molecular complexity index is 481. The predicted octanol–water partition coefficient (Wildman–Crippen LogP) is 0.808. The summed E-state index contributed by atoms with van der Waals surface area (Å²) in [5, 5.41) is 13.3. The molecule has 6 heteroatoms. The monoisotopic (exact) mass is 251 g/mol. The molecule has 0 radical (unpaired) electrons. The van der Waals surface area contributed by atoms with Crippen molar-refractivity contribution in [1.82, 2.24) is 14.7 Å². The summed E-state index contributed by atoms with van der Waals surface area (Å²) in [5.74, 6) is -1.17. The van der Waals surface area contributed by atoms with Gasteiger partial charge in [-0.05, 0) is 32.3 Å². The zero-order chi connectivity index (χ0) is 13.3. The Kier molecular flexibility index (Phi) is 3.36. The molecule has 2 rings (SSSR count). The quantitative estimate of drug-likeness (QED) is 0.844. The maximum absolute atomic E-state index is 12.4. The molecule has 2 heterocycles. The largest absolute Gasteiger partial charge is 0.480 e. The van der Waals surface area contributed by atoms with Crippen molar-refractivity contribution in [2.45, 2.75) is 32.2 Å². The minimum atomic E-state index is -0.929. The standard InChI is InChI=1S/C12H17N3O3/c1-8-7-10(14(2)13-8)11(16)15-6-4-3-5-9(15)12(17)18/h7,9H,3-6H2,1-2H3,(H,17,18). The number of carboxylic acid groups (broad SMARTS) is 1. The number of aromatic nitrogens is 2. The van der Waals surface area contributed by atoms with Crippen LogP contribution in [0, 0.1) is 6.92 Å². The molecule has 1 N–H and O–H groups in total. The number of carbonyl (C=O) groups excluding carboxylic acids is 1. The number of hydrogen-bond donors (Lipinski definition) is 1. The molecule has 0 bridgehead atoms. The smallest absolute Gasteiger partial charge is 0.326 e. The maximum Gasteiger partial charge on any atom is 0.326 e. The fourth-order valence-electron chi connectivity index (χ4n) is 2.39. The maximum atomic E-state index is 12.4. The molecule has 1 saturated heterocycles. The molecule has 1 aliphatic heterocycles. The third kappa shape index (κ3) is 2.23. The van der Waals surface area contributed by atoms with E-state index in [1.165, 1.54) is 9.58 Å². The van der Waals surface area contributed by atoms with E-state index in [1.54, 1.807) is 13.1 Å². The van der Waals surface area contributed by atoms with Gasteiger partial charge in [-0.2, -0.15) is 5.10 Å². The van der Waals surface area contributed by atoms with E-state index in [9.17, 15) is 9.59 Å². The van der Waals surface area contributed by atoms with Gasteiger partial charge in [-0.1, -0.05) is 0 Å². The van der Waals surface area contributed by atoms with Crippen molar-refractivity contribution >= 4 is 11.9 Å². The molecule has 1 aromatic rings. The number of amides is 1. The fourth-order valence-corrected chi connectivity index (χ4v) is 2.39. The molecule has 1 aromatic heterocycles. The number of hydrogen-bond acceptors (Lipinski definition) is 3. The Morgan fingerprint density at radius 3 is 2.72 bits per heavy atom. The van der Waals surface area contributed by atoms with Crippen LogP contribution in [-0.4, -0.2) is 44.3 Å². The van der Waals surface area contributed by atoms with Crippen LogP contribution in [0.25, 0.3) is 0 Å². The minimum absolute atomic E-state index is 0.245. The zero-order valence-corrected chi connectivity index (χ0v) is 10.6. The number of carboxylic acids is 1. The summed E-state index contributed by atoms with van der Waals surface area (Å²) in [6.45, 7) is 2.31. The number of nitrogens with zero attached hydrogens (tertiary/aromatic N) is 3. The highest BCUT2D eigenvalue weighted by atomic mass is 16.4. The van der Waals surface area contributed by atoms with Crippen LogP contribution in [0.1, 0.15) is 35.4 Å². The lowest BCUT2D eigenvalue weighted by Crippen LogP contribution is -2.48. The van der Waals surface area contributed by atoms with Gasteiger partial charge in [0.1, 0.15) is 11.7 Å². The average Bonchev–Trinajstić information content (AvgIpc) is 2.67. The van der Waals surface area contributed by atoms with Crippen LogP contribution in [0.2, 0.25) is 0 Å². The lowest BCUT2D eigenvalue weighted by molar-refractivity contribution is -0.143. The van der Waals surface area contributed by atoms with E-state index in [1.807, 2.05) is 6.92 Å². The van der Waals surface area contributed by atoms with Gasteiger partial charge >= 0.3 is 5.97 Å². The molecule has 0 saturated carbocycles. The highest BCUT2D eigenvalue weighted by molar-refractivity contribution is 5.95. The Morgan fingerprint density at radius 2 is 2.17 bits per heavy atom. The molecule has 0 spiro atoms. The van der Waals surface area contributed by atoms with Crippen molar-refractivity contribution < 1.29 is 14.7 Å². The van der Waals surface area contributed by atoms with E-state index in [4.69, 9.17) is 5.11 Å². The summed E-state index contributed by atoms with van der Waals surface area (Å²) in [4.78, 5) is 25.0. The summed E-state index contributed by atoms with van der Waals surface area (Å²) in [6.07, 6.45) is 2.23. The van der Waals surface area contributed by atoms with Crippen LogP contribution in [0.3, 0.4) is 0 Å². The number of aliphatic carboxylic acids is 1. The van der Waals surface area contributed by atoms with Crippen LogP contribution in [0.15, 0.2) is 6.07 Å². The van der Waals surface area contributed by atoms with E-state index in [0.29, 0.717) is 18.7 Å². The van der Waals surface area contributed by atoms with Gasteiger partial charge in [-0.25, -0.2) is 4.79 Å². The Hall–Kier alpha value is -1.85. The SMILES string of the molecule is Cc1cc(C(=O)N2CCCCC2C(=O)O)n(C)n1. The Labute approximate surface area is 105 Å². The van der Waals surface area contributed by atoms with Crippen molar-refractivity contribution in [1.29, 1.82) is 0 Å². The van der Waals surface area contributed by atoms with E-state index in [2.05, 4.69) is 5.10 Å². The topological polar surface area (TPSA) is 75.4 Å². The number of carbonyl (C=O) groups is 2. The fraction of sp³-hybridized carbons (Fsp3) is 0.583. The molecular weight excluding hydrogens is 234 g/mol. The van der Waals surface area contributed by atoms with E-state index < -0.39 is 12.0 Å². The number of piperidine rings is 1. The van der Waals surface area contributed by atoms with Gasteiger partial charge in [0.15, 0.2) is 0 Å². The number of aryl methyl sites for hydroxylation is 2. The van der Waals surface area contributed by atoms with Crippen molar-refractivity contribution in [2.24, 2.45) is 7.05 Å². The first-order valence-electron chi connectivity index (χ1n) is 6.05. The average molecular weight is 251 g/mol. The van der Waals surface area contributed by atoms with Gasteiger partial charge in [-0.15, -0.1) is 0 Å². The second-order valence-corrected chi connectivity index (χ2v) is 4.64. The Morgan fingerprint density at radius 1 is 1.44 bits per heavy atom. The van der Waals surface area contributed by atoms with Crippen LogP contribution in [0.4, 0.5) is 0 Å². The summed E-state index contributed by atoms with van der Waals surface area (Å²) in [6, 6.07) is 0.983. The summed E-state index contributed by atoms with van der Waals surface area (Å²) in [5.41, 5.74) is 1.20. The molecule has 98 valence electrons. The van der Waals surface area contributed by atoms with Gasteiger partial charge in [0.2, 0.25) is 0 Å². The molecule has 1 amide bonds. The van der Waals surface area contributed by atoms with Crippen LogP contribution >= 0.6 is 0 Å². The third-order valence-corrected chi connectivity index (χ3v) is 3.27. The molecule has 6 nitrogen and oxygen atoms in total. The summed E-state index contributed by atoms with van der Waals surface area (Å²) >= 11 is 0. The molecule has 1 aliphatic rings. The number of likely N-dealkylation sites (tertiary alicyclic amines) is 1. The van der Waals surface area contributed by atoms with Gasteiger partial charge in [0, 0.05) is 13.6 Å². The predicted molar refractivity (Wildman–Crippen MR) is 64.3 cm³/mol. The van der Waals surface area contributed by atoms with Crippen molar-refractivity contribution in [3.05, 3.63) is 17.5 Å². The minimum Gasteiger partial charge on any atom is -0.480 e. The molecule has 18 heavy (non-hydrogen) atoms. The Balaban J connectivity index is 2.26. The van der Waals surface area contributed by atoms with Crippen molar-refractivity contribution in [3.8, 4) is 0 Å². The molecule has 0 aliphatic carbocycles. The van der Waals surface area contributed by atoms with Crippen LogP contribution in [-0.2, 0) is 11.8 Å². The third-order valence-electron chi connectivity index (χ3n) is 3.27. The van der Waals surface area contributed by atoms with E-state index in [-0.39, 0.29) is 5.91 Å². The summed E-state index contributed by atoms with van der Waals surface area (Å²) in [7, 11) is 1.69. The van der Waals surface area contributed by atoms with Crippen LogP contribution in [0.5, 0.6) is 0 Å². The zero-order valence-electron chi connectivity index (χ0n) is 10.6. The molecule has 1 fully saturated rings. The normalized spacial score (nSPS) is 19.9. The van der Waals surface area contributed by atoms with Gasteiger partial charge in [-0.3, -0.25) is 9.48 Å². The van der Waals surface area contributed by atoms with Gasteiger partial charge in [0.05, 0.1) is 5.69 Å². The molecule has 1 atom stereocenters. The lowest BCUT2D eigenvalue weighted by Gasteiger charge is -2.32. The van der Waals surface area contributed by atoms with E-state index >= 15 is 0 Å². The highest BCUT2D eigenvalue weighted by Gasteiger charge is 2.33. The first-order chi connectivity index (χ1) is 8.50. The highest BCUT2D eigenvalue weighted by Crippen LogP contribution is 2.20. The summed E-state index contributed by atoms with van der Waals surface area (Å²) < 4.78 is 1.51. The lowest BCUT2D eigenvalue weighted by atomic mass is 10.0. The molecule has 0 aromatic carbocycles. The van der Waals surface area contributed by atoms with Crippen LogP contribution < -0.4 is 0 Å². The number of rotatable bonds is 2. The first kappa shape index (κ1) is 12.6. The van der Waals surface area contributed by atoms with E-state index in [0.717, 1.165) is 18.5 Å².